The Labute approximate surface area is 234 Å². The first-order valence-corrected chi connectivity index (χ1v) is 13.1. The summed E-state index contributed by atoms with van der Waals surface area (Å²) in [6.07, 6.45) is -1.56. The molecule has 3 amide bonds. The van der Waals surface area contributed by atoms with Crippen molar-refractivity contribution in [1.29, 1.82) is 0 Å². The zero-order valence-corrected chi connectivity index (χ0v) is 21.6. The zero-order valence-electron chi connectivity index (χ0n) is 21.6. The first-order valence-electron chi connectivity index (χ1n) is 13.1. The lowest BCUT2D eigenvalue weighted by Gasteiger charge is -2.28. The van der Waals surface area contributed by atoms with Crippen LogP contribution in [0, 0.1) is 5.82 Å². The fourth-order valence-electron chi connectivity index (χ4n) is 5.40. The van der Waals surface area contributed by atoms with Gasteiger partial charge in [0.05, 0.1) is 40.3 Å². The summed E-state index contributed by atoms with van der Waals surface area (Å²) in [5.41, 5.74) is 3.03. The van der Waals surface area contributed by atoms with Gasteiger partial charge in [-0.3, -0.25) is 19.4 Å². The molecule has 2 aliphatic rings. The molecule has 0 spiro atoms. The highest BCUT2D eigenvalue weighted by Crippen LogP contribution is 2.34. The molecule has 0 unspecified atom stereocenters. The van der Waals surface area contributed by atoms with Crippen LogP contribution in [0.2, 0.25) is 0 Å². The lowest BCUT2D eigenvalue weighted by Crippen LogP contribution is -2.49. The monoisotopic (exact) mass is 540 g/mol. The maximum Gasteiger partial charge on any atom is 0.273 e. The van der Waals surface area contributed by atoms with Gasteiger partial charge in [0.2, 0.25) is 6.17 Å². The minimum Gasteiger partial charge on any atom is -0.302 e. The number of aliphatic imine (C=N–C) groups is 1. The predicted molar refractivity (Wildman–Crippen MR) is 152 cm³/mol. The van der Waals surface area contributed by atoms with Gasteiger partial charge >= 0.3 is 0 Å². The Kier molecular flexibility index (Phi) is 5.75. The molecular weight excluding hydrogens is 519 g/mol. The normalized spacial score (nSPS) is 16.5. The summed E-state index contributed by atoms with van der Waals surface area (Å²) in [4.78, 5) is 53.3. The fraction of sp³-hybridized carbons (Fsp3) is 0.0606. The van der Waals surface area contributed by atoms with E-state index in [1.807, 2.05) is 36.4 Å². The maximum absolute atomic E-state index is 15.2. The molecule has 2 aliphatic heterocycles. The molecule has 0 saturated carbocycles. The molecule has 1 atom stereocenters. The molecule has 5 aromatic rings. The van der Waals surface area contributed by atoms with E-state index in [2.05, 4.69) is 4.99 Å². The van der Waals surface area contributed by atoms with Gasteiger partial charge in [0.25, 0.3) is 17.7 Å². The summed E-state index contributed by atoms with van der Waals surface area (Å²) < 4.78 is 15.2. The highest BCUT2D eigenvalue weighted by molar-refractivity contribution is 6.25. The van der Waals surface area contributed by atoms with E-state index in [4.69, 9.17) is 4.98 Å². The number of benzodiazepines with no additional fused rings is 1. The molecule has 0 N–H and O–H groups in total. The number of rotatable bonds is 4. The van der Waals surface area contributed by atoms with E-state index in [1.54, 1.807) is 66.7 Å². The second kappa shape index (κ2) is 9.60. The standard InChI is InChI=1S/C33H21FN4O3/c34-26-14-6-4-12-24(26)29-25-13-5-8-16-28(25)37(19-21-18-17-20-9-1-7-15-27(20)35-21)33(41)30(36-29)38-31(39)22-10-2-3-11-23(22)32(38)40/h1-18,30H,19H2/t30-/m0/s1. The Morgan fingerprint density at radius 2 is 1.27 bits per heavy atom. The molecule has 41 heavy (non-hydrogen) atoms. The van der Waals surface area contributed by atoms with Crippen LogP contribution in [0.3, 0.4) is 0 Å². The smallest absolute Gasteiger partial charge is 0.273 e. The average Bonchev–Trinajstić information content (AvgIpc) is 3.19. The quantitative estimate of drug-likeness (QED) is 0.287. The van der Waals surface area contributed by atoms with Crippen molar-refractivity contribution in [3.05, 3.63) is 143 Å². The first-order chi connectivity index (χ1) is 20.0. The van der Waals surface area contributed by atoms with Crippen LogP contribution in [0.15, 0.2) is 114 Å². The molecule has 1 aromatic heterocycles. The van der Waals surface area contributed by atoms with E-state index in [1.165, 1.54) is 11.0 Å². The Bertz CT molecular complexity index is 1900. The van der Waals surface area contributed by atoms with Crippen LogP contribution in [0.1, 0.15) is 37.5 Å². The van der Waals surface area contributed by atoms with Crippen molar-refractivity contribution in [2.24, 2.45) is 4.99 Å². The van der Waals surface area contributed by atoms with Crippen molar-refractivity contribution in [3.63, 3.8) is 0 Å². The number of para-hydroxylation sites is 2. The maximum atomic E-state index is 15.2. The van der Waals surface area contributed by atoms with Gasteiger partial charge in [0.1, 0.15) is 5.82 Å². The van der Waals surface area contributed by atoms with Gasteiger partial charge in [-0.25, -0.2) is 14.3 Å². The van der Waals surface area contributed by atoms with Crippen molar-refractivity contribution in [3.8, 4) is 0 Å². The number of hydrogen-bond acceptors (Lipinski definition) is 5. The zero-order chi connectivity index (χ0) is 28.1. The molecule has 0 radical (unpaired) electrons. The van der Waals surface area contributed by atoms with Gasteiger partial charge in [-0.2, -0.15) is 0 Å². The Hall–Kier alpha value is -5.50. The number of imide groups is 1. The SMILES string of the molecule is O=C1[C@H](N2C(=O)c3ccccc3C2=O)N=C(c2ccccc2F)c2ccccc2N1Cc1ccc2ccccc2n1. The van der Waals surface area contributed by atoms with Crippen molar-refractivity contribution in [2.45, 2.75) is 12.7 Å². The number of aromatic nitrogens is 1. The number of halogens is 1. The Morgan fingerprint density at radius 3 is 2.00 bits per heavy atom. The fourth-order valence-corrected chi connectivity index (χ4v) is 5.40. The van der Waals surface area contributed by atoms with Crippen LogP contribution in [-0.2, 0) is 11.3 Å². The van der Waals surface area contributed by atoms with Crippen LogP contribution >= 0.6 is 0 Å². The van der Waals surface area contributed by atoms with E-state index in [9.17, 15) is 14.4 Å². The number of carbonyl (C=O) groups is 3. The molecule has 0 bridgehead atoms. The van der Waals surface area contributed by atoms with Gasteiger partial charge in [-0.05, 0) is 42.5 Å². The number of fused-ring (bicyclic) bond motifs is 3. The molecule has 0 saturated heterocycles. The van der Waals surface area contributed by atoms with E-state index in [0.717, 1.165) is 15.8 Å². The molecule has 4 aromatic carbocycles. The van der Waals surface area contributed by atoms with E-state index < -0.39 is 29.7 Å². The summed E-state index contributed by atoms with van der Waals surface area (Å²) in [7, 11) is 0. The summed E-state index contributed by atoms with van der Waals surface area (Å²) in [5.74, 6) is -2.40. The number of pyridine rings is 1. The second-order valence-corrected chi connectivity index (χ2v) is 9.79. The lowest BCUT2D eigenvalue weighted by molar-refractivity contribution is -0.122. The summed E-state index contributed by atoms with van der Waals surface area (Å²) in [6, 6.07) is 31.0. The minimum atomic E-state index is -1.56. The Balaban J connectivity index is 1.41. The van der Waals surface area contributed by atoms with Gasteiger partial charge in [0.15, 0.2) is 0 Å². The van der Waals surface area contributed by atoms with Crippen molar-refractivity contribution in [1.82, 2.24) is 9.88 Å². The number of hydrogen-bond donors (Lipinski definition) is 0. The van der Waals surface area contributed by atoms with Crippen molar-refractivity contribution in [2.75, 3.05) is 4.90 Å². The third kappa shape index (κ3) is 4.00. The van der Waals surface area contributed by atoms with Gasteiger partial charge < -0.3 is 4.90 Å². The second-order valence-electron chi connectivity index (χ2n) is 9.79. The van der Waals surface area contributed by atoms with Gasteiger partial charge in [-0.15, -0.1) is 0 Å². The third-order valence-electron chi connectivity index (χ3n) is 7.36. The van der Waals surface area contributed by atoms with Crippen LogP contribution in [-0.4, -0.2) is 39.5 Å². The topological polar surface area (TPSA) is 82.9 Å². The number of amides is 3. The van der Waals surface area contributed by atoms with Crippen LogP contribution < -0.4 is 4.90 Å². The van der Waals surface area contributed by atoms with Crippen molar-refractivity contribution >= 4 is 40.0 Å². The summed E-state index contributed by atoms with van der Waals surface area (Å²) in [6.45, 7) is 0.0421. The van der Waals surface area contributed by atoms with Crippen LogP contribution in [0.5, 0.6) is 0 Å². The third-order valence-corrected chi connectivity index (χ3v) is 7.36. The molecular formula is C33H21FN4O3. The first kappa shape index (κ1) is 24.5. The molecule has 198 valence electrons. The molecule has 7 nitrogen and oxygen atoms in total. The predicted octanol–water partition coefficient (Wildman–Crippen LogP) is 5.38. The average molecular weight is 541 g/mol. The number of anilines is 1. The molecule has 0 fully saturated rings. The lowest BCUT2D eigenvalue weighted by atomic mass is 9.99. The largest absolute Gasteiger partial charge is 0.302 e. The molecule has 7 rings (SSSR count). The highest BCUT2D eigenvalue weighted by Gasteiger charge is 2.46. The summed E-state index contributed by atoms with van der Waals surface area (Å²) >= 11 is 0. The van der Waals surface area contributed by atoms with E-state index in [-0.39, 0.29) is 28.9 Å². The molecule has 8 heteroatoms. The number of benzene rings is 4. The van der Waals surface area contributed by atoms with Crippen LogP contribution in [0.25, 0.3) is 10.9 Å². The molecule has 0 aliphatic carbocycles. The van der Waals surface area contributed by atoms with E-state index >= 15 is 4.39 Å². The minimum absolute atomic E-state index is 0.0421. The van der Waals surface area contributed by atoms with Gasteiger partial charge in [-0.1, -0.05) is 66.7 Å². The molecule has 3 heterocycles. The van der Waals surface area contributed by atoms with Crippen LogP contribution in [0.4, 0.5) is 10.1 Å². The van der Waals surface area contributed by atoms with E-state index in [0.29, 0.717) is 16.9 Å². The van der Waals surface area contributed by atoms with Gasteiger partial charge in [0, 0.05) is 16.5 Å². The van der Waals surface area contributed by atoms with Crippen molar-refractivity contribution < 1.29 is 18.8 Å². The number of nitrogens with zero attached hydrogens (tertiary/aromatic N) is 4. The summed E-state index contributed by atoms with van der Waals surface area (Å²) in [5, 5.41) is 0.952. The Morgan fingerprint density at radius 1 is 0.659 bits per heavy atom. The highest BCUT2D eigenvalue weighted by atomic mass is 19.1. The number of carbonyl (C=O) groups excluding carboxylic acids is 3.